The minimum atomic E-state index is 0.530. The van der Waals surface area contributed by atoms with E-state index in [1.807, 2.05) is 0 Å². The van der Waals surface area contributed by atoms with Gasteiger partial charge in [-0.15, -0.1) is 0 Å². The minimum Gasteiger partial charge on any atom is -0.311 e. The molecular formula is C11H23N. The number of hydrogen-bond acceptors (Lipinski definition) is 1. The summed E-state index contributed by atoms with van der Waals surface area (Å²) in [5, 5.41) is 3.73. The van der Waals surface area contributed by atoms with Gasteiger partial charge in [0.1, 0.15) is 0 Å². The highest BCUT2D eigenvalue weighted by atomic mass is 15.0. The van der Waals surface area contributed by atoms with Gasteiger partial charge in [0, 0.05) is 5.54 Å². The van der Waals surface area contributed by atoms with Crippen LogP contribution >= 0.6 is 0 Å². The molecule has 0 radical (unpaired) electrons. The Morgan fingerprint density at radius 3 is 2.17 bits per heavy atom. The summed E-state index contributed by atoms with van der Waals surface area (Å²) < 4.78 is 0. The molecule has 0 bridgehead atoms. The smallest absolute Gasteiger partial charge is 0.0181 e. The summed E-state index contributed by atoms with van der Waals surface area (Å²) in [7, 11) is 0. The Hall–Kier alpha value is -0.0400. The van der Waals surface area contributed by atoms with Gasteiger partial charge in [0.05, 0.1) is 0 Å². The van der Waals surface area contributed by atoms with Crippen LogP contribution in [-0.4, -0.2) is 12.1 Å². The molecular weight excluding hydrogens is 146 g/mol. The molecule has 0 atom stereocenters. The lowest BCUT2D eigenvalue weighted by Gasteiger charge is -2.38. The molecule has 0 spiro atoms. The van der Waals surface area contributed by atoms with Crippen LogP contribution in [0.25, 0.3) is 0 Å². The first-order valence-corrected chi connectivity index (χ1v) is 5.58. The van der Waals surface area contributed by atoms with E-state index in [1.165, 1.54) is 51.5 Å². The standard InChI is InChI=1S/C11H23N/c1-3-7-11(8-4-2)9-5-6-10-12-11/h12H,3-10H2,1-2H3. The maximum atomic E-state index is 3.73. The summed E-state index contributed by atoms with van der Waals surface area (Å²) in [5.74, 6) is 0. The molecule has 0 aliphatic carbocycles. The van der Waals surface area contributed by atoms with Crippen LogP contribution in [0.4, 0.5) is 0 Å². The van der Waals surface area contributed by atoms with Crippen molar-refractivity contribution in [1.29, 1.82) is 0 Å². The molecule has 0 unspecified atom stereocenters. The molecule has 1 aliphatic heterocycles. The summed E-state index contributed by atoms with van der Waals surface area (Å²) in [5.41, 5.74) is 0.530. The Labute approximate surface area is 76.9 Å². The van der Waals surface area contributed by atoms with Crippen LogP contribution in [0, 0.1) is 0 Å². The van der Waals surface area contributed by atoms with Crippen molar-refractivity contribution in [2.24, 2.45) is 0 Å². The van der Waals surface area contributed by atoms with Crippen LogP contribution < -0.4 is 5.32 Å². The van der Waals surface area contributed by atoms with Crippen molar-refractivity contribution in [3.8, 4) is 0 Å². The maximum Gasteiger partial charge on any atom is 0.0181 e. The molecule has 0 aromatic rings. The van der Waals surface area contributed by atoms with E-state index in [0.717, 1.165) is 0 Å². The van der Waals surface area contributed by atoms with Crippen LogP contribution in [0.2, 0.25) is 0 Å². The van der Waals surface area contributed by atoms with Gasteiger partial charge < -0.3 is 5.32 Å². The zero-order valence-corrected chi connectivity index (χ0v) is 8.66. The summed E-state index contributed by atoms with van der Waals surface area (Å²) in [6.07, 6.45) is 9.64. The zero-order valence-electron chi connectivity index (χ0n) is 8.66. The fraction of sp³-hybridized carbons (Fsp3) is 1.00. The molecule has 0 aromatic heterocycles. The fourth-order valence-electron chi connectivity index (χ4n) is 2.54. The van der Waals surface area contributed by atoms with Crippen molar-refractivity contribution >= 4 is 0 Å². The van der Waals surface area contributed by atoms with Crippen molar-refractivity contribution < 1.29 is 0 Å². The van der Waals surface area contributed by atoms with Gasteiger partial charge in [-0.2, -0.15) is 0 Å². The molecule has 1 nitrogen and oxygen atoms in total. The van der Waals surface area contributed by atoms with Crippen LogP contribution in [0.5, 0.6) is 0 Å². The number of rotatable bonds is 4. The second kappa shape index (κ2) is 4.86. The van der Waals surface area contributed by atoms with E-state index in [0.29, 0.717) is 5.54 Å². The van der Waals surface area contributed by atoms with E-state index in [4.69, 9.17) is 0 Å². The zero-order chi connectivity index (χ0) is 8.86. The lowest BCUT2D eigenvalue weighted by atomic mass is 9.81. The van der Waals surface area contributed by atoms with Gasteiger partial charge in [-0.1, -0.05) is 33.1 Å². The largest absolute Gasteiger partial charge is 0.311 e. The SMILES string of the molecule is CCCC1(CCC)CCCCN1. The van der Waals surface area contributed by atoms with Gasteiger partial charge in [-0.3, -0.25) is 0 Å². The molecule has 0 aromatic carbocycles. The molecule has 1 fully saturated rings. The van der Waals surface area contributed by atoms with E-state index >= 15 is 0 Å². The highest BCUT2D eigenvalue weighted by molar-refractivity contribution is 4.89. The van der Waals surface area contributed by atoms with Crippen LogP contribution in [0.1, 0.15) is 58.8 Å². The first-order valence-electron chi connectivity index (χ1n) is 5.58. The Balaban J connectivity index is 2.44. The van der Waals surface area contributed by atoms with Gasteiger partial charge in [0.15, 0.2) is 0 Å². The van der Waals surface area contributed by atoms with Crippen molar-refractivity contribution in [2.45, 2.75) is 64.3 Å². The second-order valence-electron chi connectivity index (χ2n) is 4.16. The van der Waals surface area contributed by atoms with Crippen LogP contribution in [0.15, 0.2) is 0 Å². The van der Waals surface area contributed by atoms with E-state index in [-0.39, 0.29) is 0 Å². The third-order valence-corrected chi connectivity index (χ3v) is 3.04. The third-order valence-electron chi connectivity index (χ3n) is 3.04. The molecule has 12 heavy (non-hydrogen) atoms. The number of nitrogens with one attached hydrogen (secondary N) is 1. The minimum absolute atomic E-state index is 0.530. The van der Waals surface area contributed by atoms with Gasteiger partial charge >= 0.3 is 0 Å². The molecule has 1 heterocycles. The topological polar surface area (TPSA) is 12.0 Å². The monoisotopic (exact) mass is 169 g/mol. The molecule has 1 aliphatic rings. The van der Waals surface area contributed by atoms with E-state index in [9.17, 15) is 0 Å². The van der Waals surface area contributed by atoms with Crippen LogP contribution in [-0.2, 0) is 0 Å². The lowest BCUT2D eigenvalue weighted by Crippen LogP contribution is -2.48. The van der Waals surface area contributed by atoms with E-state index < -0.39 is 0 Å². The molecule has 0 amide bonds. The highest BCUT2D eigenvalue weighted by Crippen LogP contribution is 2.28. The highest BCUT2D eigenvalue weighted by Gasteiger charge is 2.28. The second-order valence-corrected chi connectivity index (χ2v) is 4.16. The Morgan fingerprint density at radius 1 is 1.08 bits per heavy atom. The molecule has 1 saturated heterocycles. The molecule has 1 N–H and O–H groups in total. The summed E-state index contributed by atoms with van der Waals surface area (Å²) in [6, 6.07) is 0. The van der Waals surface area contributed by atoms with E-state index in [1.54, 1.807) is 0 Å². The van der Waals surface area contributed by atoms with Gasteiger partial charge in [-0.05, 0) is 32.2 Å². The van der Waals surface area contributed by atoms with E-state index in [2.05, 4.69) is 19.2 Å². The number of hydrogen-bond donors (Lipinski definition) is 1. The fourth-order valence-corrected chi connectivity index (χ4v) is 2.54. The average molecular weight is 169 g/mol. The summed E-state index contributed by atoms with van der Waals surface area (Å²) >= 11 is 0. The molecule has 1 heteroatoms. The Bertz CT molecular complexity index is 98.7. The maximum absolute atomic E-state index is 3.73. The van der Waals surface area contributed by atoms with Crippen molar-refractivity contribution in [3.63, 3.8) is 0 Å². The third kappa shape index (κ3) is 2.48. The molecule has 1 rings (SSSR count). The molecule has 0 saturated carbocycles. The first-order chi connectivity index (χ1) is 5.83. The van der Waals surface area contributed by atoms with Gasteiger partial charge in [0.2, 0.25) is 0 Å². The Morgan fingerprint density at radius 2 is 1.75 bits per heavy atom. The van der Waals surface area contributed by atoms with Crippen LogP contribution in [0.3, 0.4) is 0 Å². The summed E-state index contributed by atoms with van der Waals surface area (Å²) in [4.78, 5) is 0. The lowest BCUT2D eigenvalue weighted by molar-refractivity contribution is 0.217. The number of piperidine rings is 1. The predicted octanol–water partition coefficient (Wildman–Crippen LogP) is 3.10. The first kappa shape index (κ1) is 10.0. The van der Waals surface area contributed by atoms with Crippen molar-refractivity contribution in [3.05, 3.63) is 0 Å². The van der Waals surface area contributed by atoms with Gasteiger partial charge in [0.25, 0.3) is 0 Å². The normalized spacial score (nSPS) is 22.5. The summed E-state index contributed by atoms with van der Waals surface area (Å²) in [6.45, 7) is 5.85. The van der Waals surface area contributed by atoms with Crippen molar-refractivity contribution in [1.82, 2.24) is 5.32 Å². The average Bonchev–Trinajstić information content (AvgIpc) is 2.07. The predicted molar refractivity (Wildman–Crippen MR) is 54.4 cm³/mol. The quantitative estimate of drug-likeness (QED) is 0.682. The Kier molecular flexibility index (Phi) is 4.07. The van der Waals surface area contributed by atoms with Gasteiger partial charge in [-0.25, -0.2) is 0 Å². The molecule has 72 valence electrons. The van der Waals surface area contributed by atoms with Crippen molar-refractivity contribution in [2.75, 3.05) is 6.54 Å².